The van der Waals surface area contributed by atoms with Gasteiger partial charge in [0, 0.05) is 116 Å². The lowest BCUT2D eigenvalue weighted by Crippen LogP contribution is -2.64. The second kappa shape index (κ2) is 16.4. The molecule has 0 N–H and O–H groups in total. The lowest BCUT2D eigenvalue weighted by atomic mass is 9.32. The number of fused-ring (bicyclic) bond motifs is 20. The van der Waals surface area contributed by atoms with Crippen molar-refractivity contribution in [1.29, 1.82) is 0 Å². The fourth-order valence-electron chi connectivity index (χ4n) is 14.3. The van der Waals surface area contributed by atoms with Crippen molar-refractivity contribution in [2.45, 2.75) is 0 Å². The summed E-state index contributed by atoms with van der Waals surface area (Å²) in [6, 6.07) is 91.6. The molecular weight excluding hydrogens is 1050 g/mol. The van der Waals surface area contributed by atoms with Crippen LogP contribution in [-0.2, 0) is 0 Å². The van der Waals surface area contributed by atoms with E-state index in [9.17, 15) is 0 Å². The second-order valence-electron chi connectivity index (χ2n) is 21.4. The van der Waals surface area contributed by atoms with Gasteiger partial charge in [-0.05, 0) is 113 Å². The molecular formula is C70H40B2N4S4. The lowest BCUT2D eigenvalue weighted by molar-refractivity contribution is 1.25. The van der Waals surface area contributed by atoms with Gasteiger partial charge in [0.2, 0.25) is 0 Å². The maximum Gasteiger partial charge on any atom is 0.264 e. The van der Waals surface area contributed by atoms with Crippen LogP contribution in [0.3, 0.4) is 0 Å². The van der Waals surface area contributed by atoms with E-state index in [1.807, 2.05) is 45.3 Å². The van der Waals surface area contributed by atoms with Crippen LogP contribution < -0.4 is 51.0 Å². The van der Waals surface area contributed by atoms with Gasteiger partial charge in [-0.1, -0.05) is 152 Å². The lowest BCUT2D eigenvalue weighted by Gasteiger charge is -2.46. The Morgan fingerprint density at radius 2 is 0.575 bits per heavy atom. The number of para-hydroxylation sites is 4. The van der Waals surface area contributed by atoms with Gasteiger partial charge in [-0.25, -0.2) is 0 Å². The number of hydrogen-bond acceptors (Lipinski definition) is 8. The number of rotatable bonds is 4. The zero-order valence-corrected chi connectivity index (χ0v) is 45.9. The first-order valence-electron chi connectivity index (χ1n) is 27.3. The van der Waals surface area contributed by atoms with E-state index in [0.29, 0.717) is 0 Å². The largest absolute Gasteiger partial charge is 0.311 e. The summed E-state index contributed by atoms with van der Waals surface area (Å²) in [4.78, 5) is 10.5. The molecule has 0 radical (unpaired) electrons. The molecule has 0 fully saturated rings. The minimum absolute atomic E-state index is 0.0867. The number of hydrogen-bond donors (Lipinski definition) is 0. The average Bonchev–Trinajstić information content (AvgIpc) is 4.42. The van der Waals surface area contributed by atoms with Gasteiger partial charge in [0.1, 0.15) is 0 Å². The first kappa shape index (κ1) is 44.0. The fraction of sp³-hybridized carbons (Fsp3) is 0. The topological polar surface area (TPSA) is 13.0 Å². The number of thiophene rings is 4. The molecule has 0 spiro atoms. The molecule has 0 bridgehead atoms. The molecule has 4 aliphatic heterocycles. The Bertz CT molecular complexity index is 4810. The highest BCUT2D eigenvalue weighted by molar-refractivity contribution is 7.35. The monoisotopic (exact) mass is 1090 g/mol. The summed E-state index contributed by atoms with van der Waals surface area (Å²) in [6.45, 7) is -0.173. The molecule has 4 aromatic heterocycles. The van der Waals surface area contributed by atoms with E-state index in [-0.39, 0.29) is 13.4 Å². The van der Waals surface area contributed by atoms with E-state index in [2.05, 4.69) is 262 Å². The third kappa shape index (κ3) is 5.80. The fourth-order valence-corrected chi connectivity index (χ4v) is 19.2. The van der Waals surface area contributed by atoms with Crippen LogP contribution in [0.2, 0.25) is 0 Å². The maximum absolute atomic E-state index is 2.70. The Morgan fingerprint density at radius 1 is 0.250 bits per heavy atom. The van der Waals surface area contributed by atoms with Gasteiger partial charge in [-0.2, -0.15) is 0 Å². The molecule has 19 rings (SSSR count). The van der Waals surface area contributed by atoms with E-state index in [1.165, 1.54) is 149 Å². The van der Waals surface area contributed by atoms with Gasteiger partial charge in [-0.3, -0.25) is 0 Å². The van der Waals surface area contributed by atoms with E-state index in [1.54, 1.807) is 0 Å². The van der Waals surface area contributed by atoms with Gasteiger partial charge in [0.15, 0.2) is 0 Å². The molecule has 0 amide bonds. The Kier molecular flexibility index (Phi) is 9.00. The molecule has 0 aliphatic carbocycles. The highest BCUT2D eigenvalue weighted by Crippen LogP contribution is 2.56. The van der Waals surface area contributed by atoms with Crippen molar-refractivity contribution in [3.8, 4) is 0 Å². The predicted octanol–water partition coefficient (Wildman–Crippen LogP) is 17.0. The zero-order valence-electron chi connectivity index (χ0n) is 42.7. The van der Waals surface area contributed by atoms with Crippen LogP contribution in [0.15, 0.2) is 243 Å². The second-order valence-corrected chi connectivity index (χ2v) is 25.7. The smallest absolute Gasteiger partial charge is 0.264 e. The molecule has 0 atom stereocenters. The van der Waals surface area contributed by atoms with Crippen LogP contribution in [-0.4, -0.2) is 13.4 Å². The number of nitrogens with zero attached hydrogens (tertiary/aromatic N) is 4. The number of anilines is 12. The van der Waals surface area contributed by atoms with Gasteiger partial charge in [-0.15, -0.1) is 45.3 Å². The quantitative estimate of drug-likeness (QED) is 0.163. The molecule has 10 heteroatoms. The van der Waals surface area contributed by atoms with Crippen LogP contribution in [0.1, 0.15) is 0 Å². The Labute approximate surface area is 477 Å². The average molecular weight is 1090 g/mol. The predicted molar refractivity (Wildman–Crippen MR) is 351 cm³/mol. The van der Waals surface area contributed by atoms with Crippen molar-refractivity contribution < 1.29 is 0 Å². The van der Waals surface area contributed by atoms with Gasteiger partial charge >= 0.3 is 0 Å². The van der Waals surface area contributed by atoms with Crippen molar-refractivity contribution in [1.82, 2.24) is 0 Å². The van der Waals surface area contributed by atoms with Crippen LogP contribution in [0.5, 0.6) is 0 Å². The third-order valence-electron chi connectivity index (χ3n) is 17.3. The molecule has 0 saturated carbocycles. The zero-order chi connectivity index (χ0) is 51.9. The highest BCUT2D eigenvalue weighted by atomic mass is 32.1. The minimum atomic E-state index is -0.0867. The van der Waals surface area contributed by atoms with Crippen LogP contribution in [0.25, 0.3) is 60.5 Å². The number of benzene rings is 11. The Balaban J connectivity index is 1.00. The summed E-state index contributed by atoms with van der Waals surface area (Å²) >= 11 is 7.77. The summed E-state index contributed by atoms with van der Waals surface area (Å²) in [5, 5.41) is 7.80. The summed E-state index contributed by atoms with van der Waals surface area (Å²) in [5.74, 6) is 0. The van der Waals surface area contributed by atoms with E-state index in [4.69, 9.17) is 0 Å². The summed E-state index contributed by atoms with van der Waals surface area (Å²) in [6.07, 6.45) is 0. The molecule has 0 saturated heterocycles. The molecule has 370 valence electrons. The SMILES string of the molecule is c1ccc(N2c3cc4c(cc3B3c5sc6ccccc6c5N(c5ccccc5)c5c3c2cc2sc3ccccc3c52)B2c3sc5ccccc5c3N(c3ccccc3)c3c2c(cc2sc5ccccc5c32)N4c2ccccc2)cc1. The third-order valence-corrected chi connectivity index (χ3v) is 22.0. The highest BCUT2D eigenvalue weighted by Gasteiger charge is 2.51. The Hall–Kier alpha value is -8.89. The van der Waals surface area contributed by atoms with Crippen molar-refractivity contribution in [3.05, 3.63) is 243 Å². The van der Waals surface area contributed by atoms with Gasteiger partial charge in [0.05, 0.1) is 22.7 Å². The van der Waals surface area contributed by atoms with E-state index >= 15 is 0 Å². The summed E-state index contributed by atoms with van der Waals surface area (Å²) < 4.78 is 10.5. The standard InChI is InChI=1S/C70H40B2N4S4/c1-5-21-41(22-6-1)73-51-38-52-50(37-49(51)71-63-53(73)39-59-61(45-29-13-17-33-55(45)77-59)67(63)75(43-25-9-3-10-26-43)65-47-31-15-19-35-57(47)79-69(65)71)72-64-54(74(52)42-23-7-2-8-24-42)40-60-62(46-30-14-18-34-56(46)78-60)68(64)76(44-27-11-4-12-28-44)66-48-32-16-20-36-58(48)80-70(66)72/h1-40H. The molecule has 11 aromatic carbocycles. The first-order chi connectivity index (χ1) is 39.7. The van der Waals surface area contributed by atoms with Crippen molar-refractivity contribution >= 4 is 219 Å². The van der Waals surface area contributed by atoms with Crippen molar-refractivity contribution in [2.75, 3.05) is 19.6 Å². The van der Waals surface area contributed by atoms with Gasteiger partial charge in [0.25, 0.3) is 13.4 Å². The first-order valence-corrected chi connectivity index (χ1v) is 30.6. The summed E-state index contributed by atoms with van der Waals surface area (Å²) in [7, 11) is 0. The molecule has 8 heterocycles. The minimum Gasteiger partial charge on any atom is -0.311 e. The molecule has 4 aliphatic rings. The van der Waals surface area contributed by atoms with Crippen LogP contribution >= 0.6 is 45.3 Å². The van der Waals surface area contributed by atoms with E-state index < -0.39 is 0 Å². The van der Waals surface area contributed by atoms with E-state index in [0.717, 1.165) is 11.4 Å². The van der Waals surface area contributed by atoms with Crippen molar-refractivity contribution in [3.63, 3.8) is 0 Å². The maximum atomic E-state index is 2.70. The normalized spacial score (nSPS) is 13.8. The summed E-state index contributed by atoms with van der Waals surface area (Å²) in [5.41, 5.74) is 20.0. The Morgan fingerprint density at radius 3 is 0.963 bits per heavy atom. The molecule has 0 unspecified atom stereocenters. The molecule has 15 aromatic rings. The molecule has 4 nitrogen and oxygen atoms in total. The van der Waals surface area contributed by atoms with Crippen molar-refractivity contribution in [2.24, 2.45) is 0 Å². The van der Waals surface area contributed by atoms with Crippen LogP contribution in [0.4, 0.5) is 68.2 Å². The van der Waals surface area contributed by atoms with Gasteiger partial charge < -0.3 is 19.6 Å². The molecule has 80 heavy (non-hydrogen) atoms. The van der Waals surface area contributed by atoms with Crippen LogP contribution in [0, 0.1) is 0 Å².